The molecule has 5 nitrogen and oxygen atoms in total. The molecule has 27 heavy (non-hydrogen) atoms. The number of allylic oxidation sites excluding steroid dienone is 1. The predicted octanol–water partition coefficient (Wildman–Crippen LogP) is 4.78. The molecule has 0 amide bonds. The van der Waals surface area contributed by atoms with Crippen molar-refractivity contribution in [3.63, 3.8) is 0 Å². The number of anilines is 1. The van der Waals surface area contributed by atoms with Gasteiger partial charge in [-0.3, -0.25) is 4.79 Å². The molecule has 0 aliphatic rings. The molecule has 1 heterocycles. The predicted molar refractivity (Wildman–Crippen MR) is 112 cm³/mol. The van der Waals surface area contributed by atoms with Crippen LogP contribution < -0.4 is 4.90 Å². The van der Waals surface area contributed by atoms with E-state index >= 15 is 0 Å². The maximum absolute atomic E-state index is 12.5. The fourth-order valence-corrected chi connectivity index (χ4v) is 2.69. The quantitative estimate of drug-likeness (QED) is 0.598. The van der Waals surface area contributed by atoms with Crippen LogP contribution in [0.3, 0.4) is 0 Å². The Hall–Kier alpha value is -2.43. The zero-order valence-electron chi connectivity index (χ0n) is 17.4. The highest BCUT2D eigenvalue weighted by molar-refractivity contribution is 5.98. The third-order valence-electron chi connectivity index (χ3n) is 5.21. The molecule has 0 aliphatic heterocycles. The van der Waals surface area contributed by atoms with Crippen LogP contribution in [-0.2, 0) is 0 Å². The fraction of sp³-hybridized carbons (Fsp3) is 0.500. The number of hydrogen-bond acceptors (Lipinski definition) is 4. The van der Waals surface area contributed by atoms with Crippen LogP contribution in [0.25, 0.3) is 6.20 Å². The van der Waals surface area contributed by atoms with E-state index in [0.29, 0.717) is 5.92 Å². The molecule has 0 saturated heterocycles. The first-order chi connectivity index (χ1) is 12.7. The second kappa shape index (κ2) is 8.98. The number of Topliss-reactive ketones (excluding diaryl/α,β-unsaturated/α-hetero) is 1. The van der Waals surface area contributed by atoms with Gasteiger partial charge in [-0.25, -0.2) is 9.67 Å². The Labute approximate surface area is 163 Å². The lowest BCUT2D eigenvalue weighted by Gasteiger charge is -2.26. The Balaban J connectivity index is 1.93. The zero-order valence-corrected chi connectivity index (χ0v) is 17.4. The van der Waals surface area contributed by atoms with Gasteiger partial charge in [0.25, 0.3) is 0 Å². The van der Waals surface area contributed by atoms with Crippen LogP contribution in [0.1, 0.15) is 51.4 Å². The molecular formula is C22H32N4O. The van der Waals surface area contributed by atoms with Crippen LogP contribution >= 0.6 is 0 Å². The summed E-state index contributed by atoms with van der Waals surface area (Å²) in [6.07, 6.45) is 8.32. The molecular weight excluding hydrogens is 336 g/mol. The van der Waals surface area contributed by atoms with Crippen molar-refractivity contribution in [2.45, 2.75) is 41.0 Å². The Kier molecular flexibility index (Phi) is 6.94. The first kappa shape index (κ1) is 20.9. The van der Waals surface area contributed by atoms with E-state index in [0.717, 1.165) is 24.2 Å². The number of carbonyl (C=O) groups excluding carboxylic acids is 1. The number of aromatic nitrogens is 3. The van der Waals surface area contributed by atoms with Gasteiger partial charge in [0.05, 0.1) is 0 Å². The van der Waals surface area contributed by atoms with Gasteiger partial charge in [-0.2, -0.15) is 5.10 Å². The van der Waals surface area contributed by atoms with E-state index < -0.39 is 0 Å². The van der Waals surface area contributed by atoms with Crippen LogP contribution in [0.4, 0.5) is 5.69 Å². The molecule has 0 fully saturated rings. The van der Waals surface area contributed by atoms with Gasteiger partial charge in [0, 0.05) is 37.0 Å². The SMILES string of the molecule is CC(C)C(C)C(=O)c1ccc(N(C)CCC(C)(C)/C=C/n2cncn2)cc1. The summed E-state index contributed by atoms with van der Waals surface area (Å²) in [7, 11) is 2.09. The molecule has 1 atom stereocenters. The fourth-order valence-electron chi connectivity index (χ4n) is 2.69. The number of nitrogens with zero attached hydrogens (tertiary/aromatic N) is 4. The average Bonchev–Trinajstić information content (AvgIpc) is 3.17. The van der Waals surface area contributed by atoms with Gasteiger partial charge in [0.2, 0.25) is 0 Å². The lowest BCUT2D eigenvalue weighted by molar-refractivity contribution is 0.0900. The van der Waals surface area contributed by atoms with Crippen LogP contribution in [-0.4, -0.2) is 34.1 Å². The summed E-state index contributed by atoms with van der Waals surface area (Å²) < 4.78 is 1.71. The van der Waals surface area contributed by atoms with Crippen molar-refractivity contribution in [1.29, 1.82) is 0 Å². The van der Waals surface area contributed by atoms with Crippen molar-refractivity contribution in [1.82, 2.24) is 14.8 Å². The number of benzene rings is 1. The molecule has 1 unspecified atom stereocenters. The molecule has 146 valence electrons. The van der Waals surface area contributed by atoms with Crippen molar-refractivity contribution in [2.24, 2.45) is 17.3 Å². The van der Waals surface area contributed by atoms with E-state index in [1.54, 1.807) is 11.0 Å². The Morgan fingerprint density at radius 1 is 1.22 bits per heavy atom. The molecule has 0 bridgehead atoms. The van der Waals surface area contributed by atoms with E-state index in [2.05, 4.69) is 55.8 Å². The van der Waals surface area contributed by atoms with Gasteiger partial charge in [0.15, 0.2) is 5.78 Å². The summed E-state index contributed by atoms with van der Waals surface area (Å²) in [6, 6.07) is 7.97. The Morgan fingerprint density at radius 3 is 2.44 bits per heavy atom. The number of ketones is 1. The zero-order chi connectivity index (χ0) is 20.0. The third kappa shape index (κ3) is 6.05. The molecule has 2 aromatic rings. The normalized spacial score (nSPS) is 13.3. The number of carbonyl (C=O) groups is 1. The largest absolute Gasteiger partial charge is 0.375 e. The van der Waals surface area contributed by atoms with Gasteiger partial charge in [-0.1, -0.05) is 40.7 Å². The summed E-state index contributed by atoms with van der Waals surface area (Å²) in [6.45, 7) is 11.5. The first-order valence-corrected chi connectivity index (χ1v) is 9.58. The smallest absolute Gasteiger partial charge is 0.165 e. The van der Waals surface area contributed by atoms with E-state index in [4.69, 9.17) is 0 Å². The molecule has 0 radical (unpaired) electrons. The van der Waals surface area contributed by atoms with Gasteiger partial charge >= 0.3 is 0 Å². The van der Waals surface area contributed by atoms with E-state index in [-0.39, 0.29) is 17.1 Å². The second-order valence-electron chi connectivity index (χ2n) is 8.30. The van der Waals surface area contributed by atoms with E-state index in [1.165, 1.54) is 6.33 Å². The van der Waals surface area contributed by atoms with Gasteiger partial charge < -0.3 is 4.90 Å². The minimum Gasteiger partial charge on any atom is -0.375 e. The minimum atomic E-state index is 0.0445. The van der Waals surface area contributed by atoms with Crippen molar-refractivity contribution in [2.75, 3.05) is 18.5 Å². The number of rotatable bonds is 9. The van der Waals surface area contributed by atoms with Gasteiger partial charge in [-0.05, 0) is 42.0 Å². The Bertz CT molecular complexity index is 745. The maximum Gasteiger partial charge on any atom is 0.165 e. The monoisotopic (exact) mass is 368 g/mol. The number of hydrogen-bond donors (Lipinski definition) is 0. The van der Waals surface area contributed by atoms with Crippen molar-refractivity contribution < 1.29 is 4.79 Å². The summed E-state index contributed by atoms with van der Waals surface area (Å²) in [5, 5.41) is 4.09. The first-order valence-electron chi connectivity index (χ1n) is 9.58. The lowest BCUT2D eigenvalue weighted by Crippen LogP contribution is -2.24. The maximum atomic E-state index is 12.5. The van der Waals surface area contributed by atoms with Crippen LogP contribution in [0.15, 0.2) is 43.0 Å². The molecule has 2 rings (SSSR count). The lowest BCUT2D eigenvalue weighted by atomic mass is 9.89. The van der Waals surface area contributed by atoms with Crippen LogP contribution in [0, 0.1) is 17.3 Å². The molecule has 0 aliphatic carbocycles. The minimum absolute atomic E-state index is 0.0445. The topological polar surface area (TPSA) is 51.0 Å². The summed E-state index contributed by atoms with van der Waals surface area (Å²) in [5.74, 6) is 0.623. The van der Waals surface area contributed by atoms with Crippen molar-refractivity contribution in [3.8, 4) is 0 Å². The molecule has 0 saturated carbocycles. The highest BCUT2D eigenvalue weighted by Gasteiger charge is 2.19. The van der Waals surface area contributed by atoms with E-state index in [1.807, 2.05) is 37.4 Å². The standard InChI is InChI=1S/C22H32N4O/c1-17(2)18(3)21(27)19-7-9-20(10-8-19)25(6)13-11-22(4,5)12-14-26-16-23-15-24-26/h7-10,12,14-18H,11,13H2,1-6H3/b14-12+. The van der Waals surface area contributed by atoms with Crippen LogP contribution in [0.2, 0.25) is 0 Å². The average molecular weight is 369 g/mol. The molecule has 1 aromatic carbocycles. The Morgan fingerprint density at radius 2 is 1.89 bits per heavy atom. The molecule has 0 N–H and O–H groups in total. The summed E-state index contributed by atoms with van der Waals surface area (Å²) >= 11 is 0. The van der Waals surface area contributed by atoms with Gasteiger partial charge in [0.1, 0.15) is 12.7 Å². The highest BCUT2D eigenvalue weighted by Crippen LogP contribution is 2.25. The third-order valence-corrected chi connectivity index (χ3v) is 5.21. The second-order valence-corrected chi connectivity index (χ2v) is 8.30. The molecule has 0 spiro atoms. The molecule has 1 aromatic heterocycles. The van der Waals surface area contributed by atoms with Crippen LogP contribution in [0.5, 0.6) is 0 Å². The van der Waals surface area contributed by atoms with Crippen molar-refractivity contribution >= 4 is 17.7 Å². The summed E-state index contributed by atoms with van der Waals surface area (Å²) in [5.41, 5.74) is 1.97. The summed E-state index contributed by atoms with van der Waals surface area (Å²) in [4.78, 5) is 18.6. The van der Waals surface area contributed by atoms with Gasteiger partial charge in [-0.15, -0.1) is 0 Å². The highest BCUT2D eigenvalue weighted by atomic mass is 16.1. The van der Waals surface area contributed by atoms with Crippen molar-refractivity contribution in [3.05, 3.63) is 48.6 Å². The molecule has 5 heteroatoms. The van der Waals surface area contributed by atoms with E-state index in [9.17, 15) is 4.79 Å².